The molecule has 1 aromatic heterocycles. The summed E-state index contributed by atoms with van der Waals surface area (Å²) in [5.74, 6) is 0.496. The Morgan fingerprint density at radius 3 is 1.56 bits per heavy atom. The first-order valence-electron chi connectivity index (χ1n) is 18.5. The first kappa shape index (κ1) is 33.5. The quantitative estimate of drug-likeness (QED) is 0.126. The molecule has 0 bridgehead atoms. The maximum absolute atomic E-state index is 9.37. The number of benzene rings is 8. The summed E-state index contributed by atoms with van der Waals surface area (Å²) in [5, 5.41) is 21.0. The van der Waals surface area contributed by atoms with E-state index in [-0.39, 0.29) is 11.7 Å². The number of para-hydroxylation sites is 2. The molecule has 0 aliphatic rings. The SMILES string of the molecule is Cc1ccc(N(C(=N)c2ccccc2)C(=N)c2ccc(-c3ccccc3-c3ccccc3-c3ccc4c(c3)c3ccccc3n4-c3ccccc3)cc2)cc1. The van der Waals surface area contributed by atoms with Crippen molar-refractivity contribution in [3.8, 4) is 39.1 Å². The van der Waals surface area contributed by atoms with E-state index in [2.05, 4.69) is 138 Å². The number of nitrogens with zero attached hydrogens (tertiary/aromatic N) is 2. The highest BCUT2D eigenvalue weighted by Crippen LogP contribution is 2.41. The lowest BCUT2D eigenvalue weighted by molar-refractivity contribution is 1.18. The van der Waals surface area contributed by atoms with E-state index in [4.69, 9.17) is 5.41 Å². The predicted molar refractivity (Wildman–Crippen MR) is 231 cm³/mol. The average molecular weight is 707 g/mol. The Bertz CT molecular complexity index is 2830. The molecule has 0 fully saturated rings. The molecule has 0 atom stereocenters. The number of hydrogen-bond acceptors (Lipinski definition) is 2. The number of anilines is 1. The molecule has 0 aliphatic carbocycles. The summed E-state index contributed by atoms with van der Waals surface area (Å²) in [5.41, 5.74) is 13.7. The highest BCUT2D eigenvalue weighted by Gasteiger charge is 2.21. The molecular weight excluding hydrogens is 669 g/mol. The summed E-state index contributed by atoms with van der Waals surface area (Å²) in [7, 11) is 0. The molecule has 4 nitrogen and oxygen atoms in total. The van der Waals surface area contributed by atoms with Crippen molar-refractivity contribution in [2.75, 3.05) is 4.90 Å². The molecular formula is C51H38N4. The first-order chi connectivity index (χ1) is 27.0. The molecule has 0 spiro atoms. The molecule has 4 heteroatoms. The van der Waals surface area contributed by atoms with Crippen LogP contribution in [0.4, 0.5) is 5.69 Å². The molecule has 0 unspecified atom stereocenters. The van der Waals surface area contributed by atoms with Crippen LogP contribution in [0.2, 0.25) is 0 Å². The monoisotopic (exact) mass is 706 g/mol. The summed E-state index contributed by atoms with van der Waals surface area (Å²) in [6, 6.07) is 69.1. The molecule has 9 aromatic rings. The Morgan fingerprint density at radius 1 is 0.418 bits per heavy atom. The fourth-order valence-corrected chi connectivity index (χ4v) is 7.66. The van der Waals surface area contributed by atoms with Gasteiger partial charge in [-0.25, -0.2) is 0 Å². The molecule has 8 aromatic carbocycles. The minimum Gasteiger partial charge on any atom is -0.309 e. The van der Waals surface area contributed by atoms with E-state index in [9.17, 15) is 5.41 Å². The zero-order valence-electron chi connectivity index (χ0n) is 30.4. The average Bonchev–Trinajstić information content (AvgIpc) is 3.59. The Hall–Kier alpha value is -7.30. The number of nitrogens with one attached hydrogen (secondary N) is 2. The zero-order chi connectivity index (χ0) is 37.3. The van der Waals surface area contributed by atoms with E-state index in [0.29, 0.717) is 0 Å². The van der Waals surface area contributed by atoms with Gasteiger partial charge in [-0.3, -0.25) is 15.7 Å². The summed E-state index contributed by atoms with van der Waals surface area (Å²) < 4.78 is 2.35. The molecule has 0 saturated carbocycles. The van der Waals surface area contributed by atoms with Crippen LogP contribution in [0.3, 0.4) is 0 Å². The van der Waals surface area contributed by atoms with E-state index in [1.807, 2.05) is 73.7 Å². The summed E-state index contributed by atoms with van der Waals surface area (Å²) in [4.78, 5) is 1.71. The standard InChI is InChI=1S/C51H38N4/c1-35-24-31-41(32-25-35)55(50(52)37-14-4-2-5-15-37)51(53)38-28-26-36(27-29-38)42-18-8-10-20-44(42)45-21-11-9-19-43(45)39-30-33-49-47(34-39)46-22-12-13-23-48(46)54(49)40-16-6-3-7-17-40/h2-34,52-53H,1H3. The van der Waals surface area contributed by atoms with E-state index < -0.39 is 0 Å². The second-order valence-corrected chi connectivity index (χ2v) is 13.8. The number of amidine groups is 2. The van der Waals surface area contributed by atoms with Gasteiger partial charge in [0.25, 0.3) is 0 Å². The van der Waals surface area contributed by atoms with Crippen molar-refractivity contribution < 1.29 is 0 Å². The van der Waals surface area contributed by atoms with Gasteiger partial charge in [-0.15, -0.1) is 0 Å². The predicted octanol–water partition coefficient (Wildman–Crippen LogP) is 13.0. The van der Waals surface area contributed by atoms with Gasteiger partial charge in [-0.2, -0.15) is 0 Å². The molecule has 0 amide bonds. The van der Waals surface area contributed by atoms with Crippen LogP contribution in [-0.4, -0.2) is 16.2 Å². The van der Waals surface area contributed by atoms with Crippen molar-refractivity contribution in [3.05, 3.63) is 217 Å². The van der Waals surface area contributed by atoms with Crippen LogP contribution in [0.15, 0.2) is 200 Å². The fourth-order valence-electron chi connectivity index (χ4n) is 7.66. The molecule has 0 radical (unpaired) electrons. The lowest BCUT2D eigenvalue weighted by Gasteiger charge is -2.26. The lowest BCUT2D eigenvalue weighted by atomic mass is 9.89. The van der Waals surface area contributed by atoms with E-state index in [0.717, 1.165) is 55.9 Å². The van der Waals surface area contributed by atoms with Gasteiger partial charge in [-0.1, -0.05) is 163 Å². The third kappa shape index (κ3) is 6.20. The minimum atomic E-state index is 0.242. The fraction of sp³-hybridized carbons (Fsp3) is 0.0196. The van der Waals surface area contributed by atoms with Crippen molar-refractivity contribution in [3.63, 3.8) is 0 Å². The van der Waals surface area contributed by atoms with Gasteiger partial charge in [0.1, 0.15) is 11.7 Å². The maximum Gasteiger partial charge on any atom is 0.138 e. The molecule has 2 N–H and O–H groups in total. The normalized spacial score (nSPS) is 11.1. The first-order valence-corrected chi connectivity index (χ1v) is 18.5. The van der Waals surface area contributed by atoms with Gasteiger partial charge in [0.15, 0.2) is 0 Å². The third-order valence-corrected chi connectivity index (χ3v) is 10.4. The summed E-state index contributed by atoms with van der Waals surface area (Å²) in [6.07, 6.45) is 0. The summed E-state index contributed by atoms with van der Waals surface area (Å²) in [6.45, 7) is 2.04. The van der Waals surface area contributed by atoms with Crippen molar-refractivity contribution >= 4 is 39.2 Å². The van der Waals surface area contributed by atoms with Crippen LogP contribution in [0, 0.1) is 17.7 Å². The Kier molecular flexibility index (Phi) is 8.69. The number of aryl methyl sites for hydroxylation is 1. The van der Waals surface area contributed by atoms with Crippen LogP contribution in [0.5, 0.6) is 0 Å². The molecule has 9 rings (SSSR count). The summed E-state index contributed by atoms with van der Waals surface area (Å²) >= 11 is 0. The highest BCUT2D eigenvalue weighted by molar-refractivity contribution is 6.27. The number of fused-ring (bicyclic) bond motifs is 3. The van der Waals surface area contributed by atoms with Gasteiger partial charge >= 0.3 is 0 Å². The van der Waals surface area contributed by atoms with Gasteiger partial charge in [-0.05, 0) is 82.8 Å². The van der Waals surface area contributed by atoms with Gasteiger partial charge < -0.3 is 4.57 Å². The molecule has 262 valence electrons. The number of aromatic nitrogens is 1. The number of hydrogen-bond donors (Lipinski definition) is 2. The van der Waals surface area contributed by atoms with Crippen molar-refractivity contribution in [2.45, 2.75) is 6.92 Å². The van der Waals surface area contributed by atoms with E-state index >= 15 is 0 Å². The topological polar surface area (TPSA) is 55.9 Å². The molecule has 55 heavy (non-hydrogen) atoms. The largest absolute Gasteiger partial charge is 0.309 e. The third-order valence-electron chi connectivity index (χ3n) is 10.4. The minimum absolute atomic E-state index is 0.242. The Labute approximate surface area is 321 Å². The van der Waals surface area contributed by atoms with E-state index in [1.165, 1.54) is 27.4 Å². The maximum atomic E-state index is 9.37. The molecule has 1 heterocycles. The van der Waals surface area contributed by atoms with Gasteiger partial charge in [0.2, 0.25) is 0 Å². The van der Waals surface area contributed by atoms with E-state index in [1.54, 1.807) is 4.90 Å². The Balaban J connectivity index is 1.09. The Morgan fingerprint density at radius 2 is 0.909 bits per heavy atom. The van der Waals surface area contributed by atoms with Crippen molar-refractivity contribution in [1.82, 2.24) is 4.57 Å². The molecule has 0 aliphatic heterocycles. The lowest BCUT2D eigenvalue weighted by Crippen LogP contribution is -2.37. The number of rotatable bonds is 7. The highest BCUT2D eigenvalue weighted by atomic mass is 15.2. The molecule has 0 saturated heterocycles. The van der Waals surface area contributed by atoms with Crippen LogP contribution in [0.25, 0.3) is 60.9 Å². The van der Waals surface area contributed by atoms with Crippen LogP contribution >= 0.6 is 0 Å². The second-order valence-electron chi connectivity index (χ2n) is 13.8. The smallest absolute Gasteiger partial charge is 0.138 e. The zero-order valence-corrected chi connectivity index (χ0v) is 30.4. The van der Waals surface area contributed by atoms with Gasteiger partial charge in [0.05, 0.1) is 11.0 Å². The van der Waals surface area contributed by atoms with Gasteiger partial charge in [0, 0.05) is 33.3 Å². The van der Waals surface area contributed by atoms with Crippen LogP contribution in [0.1, 0.15) is 16.7 Å². The van der Waals surface area contributed by atoms with Crippen LogP contribution in [-0.2, 0) is 0 Å². The van der Waals surface area contributed by atoms with Crippen molar-refractivity contribution in [2.24, 2.45) is 0 Å². The second kappa shape index (κ2) is 14.3. The van der Waals surface area contributed by atoms with Crippen molar-refractivity contribution in [1.29, 1.82) is 10.8 Å². The van der Waals surface area contributed by atoms with Crippen LogP contribution < -0.4 is 4.90 Å².